The zero-order valence-electron chi connectivity index (χ0n) is 15.5. The standard InChI is InChI=1S/C21H25NO3S/c1-4-5-6-15-7-9-16(10-8-15)22-20(23)14-26-21(22)18-13-17(24-2)11-12-19(18)25-3/h7-13,21H,4-6,14H2,1-3H3/t21-/m1/s1. The molecule has 0 spiro atoms. The molecule has 2 aromatic rings. The summed E-state index contributed by atoms with van der Waals surface area (Å²) >= 11 is 1.61. The number of rotatable bonds is 7. The maximum atomic E-state index is 12.6. The van der Waals surface area contributed by atoms with Gasteiger partial charge in [0, 0.05) is 11.3 Å². The minimum atomic E-state index is -0.117. The van der Waals surface area contributed by atoms with E-state index in [1.807, 2.05) is 23.1 Å². The fourth-order valence-corrected chi connectivity index (χ4v) is 4.36. The Hall–Kier alpha value is -2.14. The fraction of sp³-hybridized carbons (Fsp3) is 0.381. The van der Waals surface area contributed by atoms with Gasteiger partial charge in [-0.15, -0.1) is 11.8 Å². The smallest absolute Gasteiger partial charge is 0.238 e. The number of anilines is 1. The molecule has 0 radical (unpaired) electrons. The lowest BCUT2D eigenvalue weighted by molar-refractivity contribution is -0.115. The fourth-order valence-electron chi connectivity index (χ4n) is 3.17. The van der Waals surface area contributed by atoms with E-state index < -0.39 is 0 Å². The quantitative estimate of drug-likeness (QED) is 0.699. The van der Waals surface area contributed by atoms with Gasteiger partial charge in [-0.05, 0) is 48.7 Å². The third kappa shape index (κ3) is 3.83. The van der Waals surface area contributed by atoms with Crippen LogP contribution < -0.4 is 14.4 Å². The van der Waals surface area contributed by atoms with Gasteiger partial charge in [0.2, 0.25) is 5.91 Å². The summed E-state index contributed by atoms with van der Waals surface area (Å²) < 4.78 is 10.9. The summed E-state index contributed by atoms with van der Waals surface area (Å²) in [6, 6.07) is 14.1. The molecule has 2 aromatic carbocycles. The number of nitrogens with zero attached hydrogens (tertiary/aromatic N) is 1. The largest absolute Gasteiger partial charge is 0.497 e. The molecule has 3 rings (SSSR count). The predicted octanol–water partition coefficient (Wildman–Crippen LogP) is 4.83. The monoisotopic (exact) mass is 371 g/mol. The molecule has 1 heterocycles. The average Bonchev–Trinajstić information content (AvgIpc) is 3.07. The van der Waals surface area contributed by atoms with Crippen molar-refractivity contribution in [1.82, 2.24) is 0 Å². The van der Waals surface area contributed by atoms with Gasteiger partial charge in [0.25, 0.3) is 0 Å². The third-order valence-electron chi connectivity index (χ3n) is 4.60. The van der Waals surface area contributed by atoms with Crippen LogP contribution in [0, 0.1) is 0 Å². The number of carbonyl (C=O) groups excluding carboxylic acids is 1. The number of unbranched alkanes of at least 4 members (excludes halogenated alkanes) is 1. The number of aryl methyl sites for hydroxylation is 1. The lowest BCUT2D eigenvalue weighted by atomic mass is 10.1. The van der Waals surface area contributed by atoms with Gasteiger partial charge in [0.05, 0.1) is 20.0 Å². The third-order valence-corrected chi connectivity index (χ3v) is 5.80. The van der Waals surface area contributed by atoms with Gasteiger partial charge in [0.1, 0.15) is 16.9 Å². The molecule has 1 amide bonds. The summed E-state index contributed by atoms with van der Waals surface area (Å²) in [5, 5.41) is -0.117. The molecule has 0 bridgehead atoms. The molecular formula is C21H25NO3S. The zero-order chi connectivity index (χ0) is 18.5. The molecule has 138 valence electrons. The lowest BCUT2D eigenvalue weighted by Crippen LogP contribution is -2.28. The number of thioether (sulfide) groups is 1. The molecule has 0 N–H and O–H groups in total. The van der Waals surface area contributed by atoms with E-state index in [9.17, 15) is 4.79 Å². The maximum absolute atomic E-state index is 12.6. The van der Waals surface area contributed by atoms with Crippen molar-refractivity contribution in [1.29, 1.82) is 0 Å². The van der Waals surface area contributed by atoms with Crippen LogP contribution in [0.5, 0.6) is 11.5 Å². The number of hydrogen-bond acceptors (Lipinski definition) is 4. The van der Waals surface area contributed by atoms with E-state index in [0.717, 1.165) is 29.2 Å². The summed E-state index contributed by atoms with van der Waals surface area (Å²) in [7, 11) is 3.30. The second-order valence-corrected chi connectivity index (χ2v) is 7.37. The van der Waals surface area contributed by atoms with Crippen LogP contribution in [0.25, 0.3) is 0 Å². The summed E-state index contributed by atoms with van der Waals surface area (Å²) in [6.45, 7) is 2.20. The van der Waals surface area contributed by atoms with Gasteiger partial charge in [-0.1, -0.05) is 25.5 Å². The average molecular weight is 372 g/mol. The number of ether oxygens (including phenoxy) is 2. The molecule has 0 aliphatic carbocycles. The van der Waals surface area contributed by atoms with Crippen molar-refractivity contribution in [3.8, 4) is 11.5 Å². The summed E-state index contributed by atoms with van der Waals surface area (Å²) in [4.78, 5) is 14.5. The molecule has 1 aliphatic heterocycles. The van der Waals surface area contributed by atoms with Gasteiger partial charge >= 0.3 is 0 Å². The van der Waals surface area contributed by atoms with E-state index in [0.29, 0.717) is 5.75 Å². The van der Waals surface area contributed by atoms with Crippen molar-refractivity contribution >= 4 is 23.4 Å². The van der Waals surface area contributed by atoms with E-state index >= 15 is 0 Å². The van der Waals surface area contributed by atoms with Crippen LogP contribution in [0.4, 0.5) is 5.69 Å². The SMILES string of the molecule is CCCCc1ccc(N2C(=O)CS[C@@H]2c2cc(OC)ccc2OC)cc1. The molecular weight excluding hydrogens is 346 g/mol. The van der Waals surface area contributed by atoms with Crippen molar-refractivity contribution in [2.24, 2.45) is 0 Å². The number of carbonyl (C=O) groups is 1. The number of benzene rings is 2. The van der Waals surface area contributed by atoms with Crippen LogP contribution >= 0.6 is 11.8 Å². The zero-order valence-corrected chi connectivity index (χ0v) is 16.3. The van der Waals surface area contributed by atoms with Gasteiger partial charge < -0.3 is 9.47 Å². The second kappa shape index (κ2) is 8.49. The molecule has 1 saturated heterocycles. The Labute approximate surface area is 159 Å². The van der Waals surface area contributed by atoms with E-state index in [1.54, 1.807) is 26.0 Å². The first-order valence-corrected chi connectivity index (χ1v) is 9.97. The normalized spacial score (nSPS) is 16.8. The Morgan fingerprint density at radius 3 is 2.54 bits per heavy atom. The molecule has 0 aromatic heterocycles. The molecule has 5 heteroatoms. The first-order valence-electron chi connectivity index (χ1n) is 8.92. The van der Waals surface area contributed by atoms with E-state index in [-0.39, 0.29) is 11.3 Å². The van der Waals surface area contributed by atoms with E-state index in [2.05, 4.69) is 31.2 Å². The van der Waals surface area contributed by atoms with Crippen LogP contribution in [0.1, 0.15) is 36.3 Å². The van der Waals surface area contributed by atoms with E-state index in [1.165, 1.54) is 18.4 Å². The van der Waals surface area contributed by atoms with Crippen molar-refractivity contribution in [2.75, 3.05) is 24.9 Å². The van der Waals surface area contributed by atoms with Crippen LogP contribution in [0.2, 0.25) is 0 Å². The first-order chi connectivity index (χ1) is 12.7. The maximum Gasteiger partial charge on any atom is 0.238 e. The van der Waals surface area contributed by atoms with Crippen molar-refractivity contribution in [2.45, 2.75) is 31.6 Å². The summed E-state index contributed by atoms with van der Waals surface area (Å²) in [5.41, 5.74) is 3.19. The highest BCUT2D eigenvalue weighted by atomic mass is 32.2. The Morgan fingerprint density at radius 2 is 1.88 bits per heavy atom. The Kier molecular flexibility index (Phi) is 6.09. The van der Waals surface area contributed by atoms with Crippen molar-refractivity contribution in [3.05, 3.63) is 53.6 Å². The molecule has 26 heavy (non-hydrogen) atoms. The highest BCUT2D eigenvalue weighted by Crippen LogP contribution is 2.45. The number of hydrogen-bond donors (Lipinski definition) is 0. The molecule has 1 fully saturated rings. The van der Waals surface area contributed by atoms with Crippen molar-refractivity contribution in [3.63, 3.8) is 0 Å². The first kappa shape index (κ1) is 18.6. The van der Waals surface area contributed by atoms with Crippen LogP contribution in [-0.2, 0) is 11.2 Å². The predicted molar refractivity (Wildman–Crippen MR) is 107 cm³/mol. The topological polar surface area (TPSA) is 38.8 Å². The molecule has 0 unspecified atom stereocenters. The minimum absolute atomic E-state index is 0.117. The summed E-state index contributed by atoms with van der Waals surface area (Å²) in [5.74, 6) is 2.10. The van der Waals surface area contributed by atoms with Gasteiger partial charge in [-0.25, -0.2) is 0 Å². The second-order valence-electron chi connectivity index (χ2n) is 6.30. The Morgan fingerprint density at radius 1 is 1.12 bits per heavy atom. The number of methoxy groups -OCH3 is 2. The van der Waals surface area contributed by atoms with Gasteiger partial charge in [-0.2, -0.15) is 0 Å². The molecule has 0 saturated carbocycles. The van der Waals surface area contributed by atoms with E-state index in [4.69, 9.17) is 9.47 Å². The molecule has 1 atom stereocenters. The van der Waals surface area contributed by atoms with Crippen LogP contribution in [0.15, 0.2) is 42.5 Å². The Bertz CT molecular complexity index is 760. The van der Waals surface area contributed by atoms with Crippen LogP contribution in [-0.4, -0.2) is 25.9 Å². The molecule has 1 aliphatic rings. The van der Waals surface area contributed by atoms with Crippen LogP contribution in [0.3, 0.4) is 0 Å². The number of amides is 1. The van der Waals surface area contributed by atoms with Crippen molar-refractivity contribution < 1.29 is 14.3 Å². The minimum Gasteiger partial charge on any atom is -0.497 e. The highest BCUT2D eigenvalue weighted by molar-refractivity contribution is 8.00. The highest BCUT2D eigenvalue weighted by Gasteiger charge is 2.36. The molecule has 4 nitrogen and oxygen atoms in total. The summed E-state index contributed by atoms with van der Waals surface area (Å²) in [6.07, 6.45) is 3.44. The Balaban J connectivity index is 1.92. The lowest BCUT2D eigenvalue weighted by Gasteiger charge is -2.26. The van der Waals surface area contributed by atoms with Gasteiger partial charge in [-0.3, -0.25) is 9.69 Å². The van der Waals surface area contributed by atoms with Gasteiger partial charge in [0.15, 0.2) is 0 Å².